The van der Waals surface area contributed by atoms with Crippen LogP contribution >= 0.6 is 0 Å². The number of rotatable bonds is 3. The lowest BCUT2D eigenvalue weighted by Crippen LogP contribution is -2.36. The van der Waals surface area contributed by atoms with Crippen LogP contribution in [0.15, 0.2) is 12.3 Å². The van der Waals surface area contributed by atoms with Gasteiger partial charge in [-0.3, -0.25) is 0 Å². The van der Waals surface area contributed by atoms with Gasteiger partial charge in [-0.25, -0.2) is 4.98 Å². The van der Waals surface area contributed by atoms with Gasteiger partial charge < -0.3 is 15.4 Å². The third-order valence-corrected chi connectivity index (χ3v) is 3.41. The number of hydrogen-bond acceptors (Lipinski definition) is 5. The van der Waals surface area contributed by atoms with Crippen LogP contribution < -0.4 is 10.6 Å². The van der Waals surface area contributed by atoms with E-state index in [1.165, 1.54) is 0 Å². The monoisotopic (exact) mass is 246 g/mol. The smallest absolute Gasteiger partial charge is 0.153 e. The highest BCUT2D eigenvalue weighted by Gasteiger charge is 2.22. The van der Waals surface area contributed by atoms with Crippen LogP contribution in [0.1, 0.15) is 18.4 Å². The summed E-state index contributed by atoms with van der Waals surface area (Å²) < 4.78 is 5.18. The summed E-state index contributed by atoms with van der Waals surface area (Å²) in [6, 6.07) is 3.74. The Morgan fingerprint density at radius 3 is 2.89 bits per heavy atom. The van der Waals surface area contributed by atoms with Crippen LogP contribution in [0.4, 0.5) is 11.5 Å². The van der Waals surface area contributed by atoms with Gasteiger partial charge >= 0.3 is 0 Å². The summed E-state index contributed by atoms with van der Waals surface area (Å²) in [7, 11) is 1.74. The lowest BCUT2D eigenvalue weighted by Gasteiger charge is -2.33. The number of nitriles is 1. The third-order valence-electron chi connectivity index (χ3n) is 3.41. The SMILES string of the molecule is COCC1CCN(c2nccc(C#N)c2N)CC1. The number of nitrogens with zero attached hydrogens (tertiary/aromatic N) is 3. The van der Waals surface area contributed by atoms with Crippen LogP contribution in [-0.2, 0) is 4.74 Å². The summed E-state index contributed by atoms with van der Waals surface area (Å²) in [5.41, 5.74) is 6.96. The number of ether oxygens (including phenoxy) is 1. The maximum absolute atomic E-state index is 8.96. The normalized spacial score (nSPS) is 16.6. The highest BCUT2D eigenvalue weighted by molar-refractivity contribution is 5.70. The molecule has 0 unspecified atom stereocenters. The van der Waals surface area contributed by atoms with Crippen molar-refractivity contribution in [2.24, 2.45) is 5.92 Å². The van der Waals surface area contributed by atoms with Gasteiger partial charge in [0.25, 0.3) is 0 Å². The lowest BCUT2D eigenvalue weighted by atomic mass is 9.97. The number of nitrogen functional groups attached to an aromatic ring is 1. The maximum atomic E-state index is 8.96. The van der Waals surface area contributed by atoms with Crippen LogP contribution in [0.25, 0.3) is 0 Å². The molecule has 0 spiro atoms. The Kier molecular flexibility index (Phi) is 4.00. The number of aromatic nitrogens is 1. The standard InChI is InChI=1S/C13H18N4O/c1-18-9-10-3-6-17(7-4-10)13-12(15)11(8-14)2-5-16-13/h2,5,10H,3-4,6-7,9,15H2,1H3. The fraction of sp³-hybridized carbons (Fsp3) is 0.538. The predicted molar refractivity (Wildman–Crippen MR) is 70.2 cm³/mol. The fourth-order valence-electron chi connectivity index (χ4n) is 2.36. The first-order valence-corrected chi connectivity index (χ1v) is 6.14. The largest absolute Gasteiger partial charge is 0.395 e. The maximum Gasteiger partial charge on any atom is 0.153 e. The van der Waals surface area contributed by atoms with E-state index >= 15 is 0 Å². The van der Waals surface area contributed by atoms with Crippen LogP contribution in [0.5, 0.6) is 0 Å². The number of anilines is 2. The number of piperidine rings is 1. The molecule has 5 nitrogen and oxygen atoms in total. The third kappa shape index (κ3) is 2.54. The molecular formula is C13H18N4O. The molecule has 1 saturated heterocycles. The highest BCUT2D eigenvalue weighted by atomic mass is 16.5. The molecule has 0 saturated carbocycles. The van der Waals surface area contributed by atoms with Crippen molar-refractivity contribution in [2.75, 3.05) is 37.4 Å². The van der Waals surface area contributed by atoms with E-state index in [0.717, 1.165) is 38.4 Å². The molecule has 2 N–H and O–H groups in total. The molecule has 0 amide bonds. The molecule has 2 rings (SSSR count). The number of hydrogen-bond donors (Lipinski definition) is 1. The average molecular weight is 246 g/mol. The molecule has 1 aromatic heterocycles. The van der Waals surface area contributed by atoms with E-state index < -0.39 is 0 Å². The number of nitrogens with two attached hydrogens (primary N) is 1. The van der Waals surface area contributed by atoms with Crippen molar-refractivity contribution in [3.05, 3.63) is 17.8 Å². The van der Waals surface area contributed by atoms with Crippen molar-refractivity contribution >= 4 is 11.5 Å². The molecule has 0 atom stereocenters. The first kappa shape index (κ1) is 12.7. The second-order valence-electron chi connectivity index (χ2n) is 4.59. The molecule has 1 aliphatic heterocycles. The van der Waals surface area contributed by atoms with Crippen molar-refractivity contribution in [3.63, 3.8) is 0 Å². The van der Waals surface area contributed by atoms with E-state index in [1.54, 1.807) is 19.4 Å². The van der Waals surface area contributed by atoms with Gasteiger partial charge in [0.2, 0.25) is 0 Å². The second kappa shape index (κ2) is 5.69. The first-order chi connectivity index (χ1) is 8.76. The molecule has 2 heterocycles. The van der Waals surface area contributed by atoms with Crippen molar-refractivity contribution < 1.29 is 4.74 Å². The quantitative estimate of drug-likeness (QED) is 0.872. The zero-order valence-electron chi connectivity index (χ0n) is 10.6. The minimum absolute atomic E-state index is 0.491. The van der Waals surface area contributed by atoms with Gasteiger partial charge in [0, 0.05) is 33.0 Å². The zero-order valence-corrected chi connectivity index (χ0v) is 10.6. The van der Waals surface area contributed by atoms with E-state index in [2.05, 4.69) is 16.0 Å². The summed E-state index contributed by atoms with van der Waals surface area (Å²) in [4.78, 5) is 6.46. The zero-order chi connectivity index (χ0) is 13.0. The molecule has 96 valence electrons. The summed E-state index contributed by atoms with van der Waals surface area (Å²) in [5, 5.41) is 8.96. The summed E-state index contributed by atoms with van der Waals surface area (Å²) >= 11 is 0. The van der Waals surface area contributed by atoms with E-state index in [0.29, 0.717) is 17.2 Å². The predicted octanol–water partition coefficient (Wildman–Crippen LogP) is 1.40. The van der Waals surface area contributed by atoms with Crippen LogP contribution in [0.3, 0.4) is 0 Å². The van der Waals surface area contributed by atoms with Crippen molar-refractivity contribution in [1.82, 2.24) is 4.98 Å². The van der Waals surface area contributed by atoms with Crippen LogP contribution in [0.2, 0.25) is 0 Å². The van der Waals surface area contributed by atoms with Gasteiger partial charge in [-0.05, 0) is 24.8 Å². The summed E-state index contributed by atoms with van der Waals surface area (Å²) in [6.07, 6.45) is 3.79. The van der Waals surface area contributed by atoms with Crippen molar-refractivity contribution in [2.45, 2.75) is 12.8 Å². The van der Waals surface area contributed by atoms with Gasteiger partial charge in [-0.1, -0.05) is 0 Å². The Balaban J connectivity index is 2.08. The molecule has 0 aliphatic carbocycles. The van der Waals surface area contributed by atoms with E-state index in [4.69, 9.17) is 15.7 Å². The first-order valence-electron chi connectivity index (χ1n) is 6.14. The van der Waals surface area contributed by atoms with Crippen molar-refractivity contribution in [1.29, 1.82) is 5.26 Å². The lowest BCUT2D eigenvalue weighted by molar-refractivity contribution is 0.139. The van der Waals surface area contributed by atoms with Gasteiger partial charge in [-0.15, -0.1) is 0 Å². The molecular weight excluding hydrogens is 228 g/mol. The second-order valence-corrected chi connectivity index (χ2v) is 4.59. The molecule has 5 heteroatoms. The molecule has 1 aliphatic rings. The van der Waals surface area contributed by atoms with Gasteiger partial charge in [0.1, 0.15) is 6.07 Å². The molecule has 0 radical (unpaired) electrons. The van der Waals surface area contributed by atoms with Crippen LogP contribution in [0, 0.1) is 17.2 Å². The Morgan fingerprint density at radius 2 is 2.28 bits per heavy atom. The highest BCUT2D eigenvalue weighted by Crippen LogP contribution is 2.27. The average Bonchev–Trinajstić information content (AvgIpc) is 2.41. The Hall–Kier alpha value is -1.80. The van der Waals surface area contributed by atoms with Gasteiger partial charge in [0.05, 0.1) is 11.3 Å². The molecule has 0 bridgehead atoms. The Bertz CT molecular complexity index is 447. The van der Waals surface area contributed by atoms with Crippen molar-refractivity contribution in [3.8, 4) is 6.07 Å². The van der Waals surface area contributed by atoms with Gasteiger partial charge in [-0.2, -0.15) is 5.26 Å². The number of methoxy groups -OCH3 is 1. The molecule has 1 aromatic rings. The molecule has 0 aromatic carbocycles. The fourth-order valence-corrected chi connectivity index (χ4v) is 2.36. The minimum Gasteiger partial charge on any atom is -0.395 e. The molecule has 1 fully saturated rings. The molecule has 18 heavy (non-hydrogen) atoms. The number of pyridine rings is 1. The van der Waals surface area contributed by atoms with E-state index in [9.17, 15) is 0 Å². The minimum atomic E-state index is 0.491. The van der Waals surface area contributed by atoms with Gasteiger partial charge in [0.15, 0.2) is 5.82 Å². The summed E-state index contributed by atoms with van der Waals surface area (Å²) in [6.45, 7) is 2.65. The summed E-state index contributed by atoms with van der Waals surface area (Å²) in [5.74, 6) is 1.36. The Morgan fingerprint density at radius 1 is 1.56 bits per heavy atom. The Labute approximate surface area is 107 Å². The van der Waals surface area contributed by atoms with E-state index in [-0.39, 0.29) is 0 Å². The van der Waals surface area contributed by atoms with Crippen LogP contribution in [-0.4, -0.2) is 31.8 Å². The topological polar surface area (TPSA) is 75.2 Å². The van der Waals surface area contributed by atoms with E-state index in [1.807, 2.05) is 0 Å².